The fourth-order valence-electron chi connectivity index (χ4n) is 1.99. The van der Waals surface area contributed by atoms with E-state index in [0.29, 0.717) is 11.3 Å². The van der Waals surface area contributed by atoms with E-state index in [0.717, 1.165) is 5.56 Å². The number of carbonyl (C=O) groups excluding carboxylic acids is 1. The molecule has 0 spiro atoms. The average Bonchev–Trinajstić information content (AvgIpc) is 2.49. The lowest BCUT2D eigenvalue weighted by molar-refractivity contribution is -0.117. The van der Waals surface area contributed by atoms with E-state index in [4.69, 9.17) is 11.0 Å². The molecule has 2 aromatic rings. The molecule has 0 saturated heterocycles. The number of carbonyl (C=O) groups is 1. The summed E-state index contributed by atoms with van der Waals surface area (Å²) in [6.07, 6.45) is 0. The van der Waals surface area contributed by atoms with Gasteiger partial charge < -0.3 is 11.1 Å². The summed E-state index contributed by atoms with van der Waals surface area (Å²) in [5.74, 6) is -0.635. The summed E-state index contributed by atoms with van der Waals surface area (Å²) in [5.41, 5.74) is 7.51. The van der Waals surface area contributed by atoms with Gasteiger partial charge in [0.05, 0.1) is 17.2 Å². The summed E-state index contributed by atoms with van der Waals surface area (Å²) in [5, 5.41) is 11.8. The number of rotatable bonds is 4. The Labute approximate surface area is 117 Å². The van der Waals surface area contributed by atoms with Gasteiger partial charge in [0.2, 0.25) is 5.91 Å². The molecule has 0 radical (unpaired) electrons. The quantitative estimate of drug-likeness (QED) is 0.889. The number of nitrogens with zero attached hydrogens (tertiary/aromatic N) is 1. The van der Waals surface area contributed by atoms with Crippen LogP contribution in [0.2, 0.25) is 0 Å². The van der Waals surface area contributed by atoms with E-state index in [9.17, 15) is 4.79 Å². The second-order valence-electron chi connectivity index (χ2n) is 4.35. The molecule has 0 aromatic heterocycles. The first-order valence-electron chi connectivity index (χ1n) is 6.31. The number of nitriles is 1. The Morgan fingerprint density at radius 1 is 1.15 bits per heavy atom. The number of nitrogens with one attached hydrogen (secondary N) is 1. The minimum Gasteiger partial charge on any atom is -0.329 e. The summed E-state index contributed by atoms with van der Waals surface area (Å²) in [4.78, 5) is 12.3. The number of nitrogens with two attached hydrogens (primary N) is 1. The van der Waals surface area contributed by atoms with E-state index in [1.54, 1.807) is 24.3 Å². The van der Waals surface area contributed by atoms with Gasteiger partial charge in [-0.3, -0.25) is 4.79 Å². The van der Waals surface area contributed by atoms with E-state index in [2.05, 4.69) is 11.4 Å². The van der Waals surface area contributed by atoms with Crippen molar-refractivity contribution < 1.29 is 4.79 Å². The van der Waals surface area contributed by atoms with Crippen LogP contribution in [0.3, 0.4) is 0 Å². The second-order valence-corrected chi connectivity index (χ2v) is 4.35. The van der Waals surface area contributed by atoms with Crippen molar-refractivity contribution in [2.75, 3.05) is 11.9 Å². The van der Waals surface area contributed by atoms with E-state index in [1.165, 1.54) is 0 Å². The molecule has 2 aromatic carbocycles. The second kappa shape index (κ2) is 6.50. The Bertz CT molecular complexity index is 632. The van der Waals surface area contributed by atoms with Gasteiger partial charge in [0.1, 0.15) is 6.07 Å². The summed E-state index contributed by atoms with van der Waals surface area (Å²) < 4.78 is 0. The first-order valence-corrected chi connectivity index (χ1v) is 6.31. The summed E-state index contributed by atoms with van der Waals surface area (Å²) in [6, 6.07) is 18.3. The molecule has 0 heterocycles. The van der Waals surface area contributed by atoms with Crippen molar-refractivity contribution in [3.05, 3.63) is 65.7 Å². The Hall–Kier alpha value is -2.64. The number of benzene rings is 2. The molecule has 0 bridgehead atoms. The molecule has 0 aliphatic heterocycles. The number of para-hydroxylation sites is 1. The van der Waals surface area contributed by atoms with Crippen molar-refractivity contribution in [1.29, 1.82) is 5.26 Å². The lowest BCUT2D eigenvalue weighted by Crippen LogP contribution is -2.27. The van der Waals surface area contributed by atoms with Gasteiger partial charge in [-0.25, -0.2) is 0 Å². The molecule has 2 rings (SSSR count). The van der Waals surface area contributed by atoms with Crippen LogP contribution in [0.4, 0.5) is 5.69 Å². The van der Waals surface area contributed by atoms with Gasteiger partial charge >= 0.3 is 0 Å². The number of hydrogen-bond acceptors (Lipinski definition) is 3. The fraction of sp³-hybridized carbons (Fsp3) is 0.125. The van der Waals surface area contributed by atoms with Crippen LogP contribution in [-0.4, -0.2) is 12.5 Å². The molecule has 1 unspecified atom stereocenters. The normalized spacial score (nSPS) is 11.4. The molecule has 4 heteroatoms. The van der Waals surface area contributed by atoms with Crippen molar-refractivity contribution in [1.82, 2.24) is 0 Å². The largest absolute Gasteiger partial charge is 0.329 e. The summed E-state index contributed by atoms with van der Waals surface area (Å²) in [7, 11) is 0. The predicted octanol–water partition coefficient (Wildman–Crippen LogP) is 2.24. The van der Waals surface area contributed by atoms with Gasteiger partial charge in [0, 0.05) is 6.54 Å². The molecule has 0 fully saturated rings. The molecular weight excluding hydrogens is 250 g/mol. The first-order chi connectivity index (χ1) is 9.76. The third kappa shape index (κ3) is 3.02. The fourth-order valence-corrected chi connectivity index (χ4v) is 1.99. The van der Waals surface area contributed by atoms with Gasteiger partial charge in [0.15, 0.2) is 0 Å². The first kappa shape index (κ1) is 13.8. The maximum Gasteiger partial charge on any atom is 0.233 e. The van der Waals surface area contributed by atoms with E-state index < -0.39 is 5.92 Å². The highest BCUT2D eigenvalue weighted by Crippen LogP contribution is 2.19. The highest BCUT2D eigenvalue weighted by Gasteiger charge is 2.19. The van der Waals surface area contributed by atoms with Crippen LogP contribution in [0.15, 0.2) is 54.6 Å². The lowest BCUT2D eigenvalue weighted by atomic mass is 9.98. The summed E-state index contributed by atoms with van der Waals surface area (Å²) >= 11 is 0. The van der Waals surface area contributed by atoms with Crippen LogP contribution in [0, 0.1) is 11.3 Å². The third-order valence-corrected chi connectivity index (χ3v) is 3.06. The minimum absolute atomic E-state index is 0.207. The standard InChI is InChI=1S/C16H15N3O/c17-10-13-8-4-5-9-15(13)19-16(20)14(11-18)12-6-2-1-3-7-12/h1-9,14H,11,18H2,(H,19,20). The number of hydrogen-bond donors (Lipinski definition) is 2. The Morgan fingerprint density at radius 3 is 2.45 bits per heavy atom. The van der Waals surface area contributed by atoms with Crippen molar-refractivity contribution in [3.8, 4) is 6.07 Å². The number of anilines is 1. The van der Waals surface area contributed by atoms with Crippen LogP contribution in [0.5, 0.6) is 0 Å². The molecule has 1 atom stereocenters. The van der Waals surface area contributed by atoms with Gasteiger partial charge in [-0.1, -0.05) is 42.5 Å². The smallest absolute Gasteiger partial charge is 0.233 e. The van der Waals surface area contributed by atoms with E-state index in [-0.39, 0.29) is 12.5 Å². The maximum atomic E-state index is 12.3. The average molecular weight is 265 g/mol. The van der Waals surface area contributed by atoms with Gasteiger partial charge in [-0.15, -0.1) is 0 Å². The Kier molecular flexibility index (Phi) is 4.48. The monoisotopic (exact) mass is 265 g/mol. The Balaban J connectivity index is 2.21. The van der Waals surface area contributed by atoms with Crippen molar-refractivity contribution in [2.24, 2.45) is 5.73 Å². The predicted molar refractivity (Wildman–Crippen MR) is 78.0 cm³/mol. The molecule has 0 aliphatic carbocycles. The molecular formula is C16H15N3O. The van der Waals surface area contributed by atoms with E-state index in [1.807, 2.05) is 30.3 Å². The molecule has 20 heavy (non-hydrogen) atoms. The molecule has 1 amide bonds. The lowest BCUT2D eigenvalue weighted by Gasteiger charge is -2.15. The summed E-state index contributed by atoms with van der Waals surface area (Å²) in [6.45, 7) is 0.213. The van der Waals surface area contributed by atoms with Crippen LogP contribution >= 0.6 is 0 Å². The highest BCUT2D eigenvalue weighted by molar-refractivity contribution is 5.97. The molecule has 0 aliphatic rings. The third-order valence-electron chi connectivity index (χ3n) is 3.06. The van der Waals surface area contributed by atoms with Crippen LogP contribution in [0.1, 0.15) is 17.0 Å². The topological polar surface area (TPSA) is 78.9 Å². The molecule has 100 valence electrons. The molecule has 4 nitrogen and oxygen atoms in total. The van der Waals surface area contributed by atoms with Crippen LogP contribution < -0.4 is 11.1 Å². The zero-order valence-corrected chi connectivity index (χ0v) is 10.9. The van der Waals surface area contributed by atoms with Crippen LogP contribution in [0.25, 0.3) is 0 Å². The minimum atomic E-state index is -0.428. The van der Waals surface area contributed by atoms with Crippen molar-refractivity contribution in [2.45, 2.75) is 5.92 Å². The zero-order chi connectivity index (χ0) is 14.4. The number of amides is 1. The van der Waals surface area contributed by atoms with Gasteiger partial charge in [0.25, 0.3) is 0 Å². The van der Waals surface area contributed by atoms with Crippen molar-refractivity contribution >= 4 is 11.6 Å². The highest BCUT2D eigenvalue weighted by atomic mass is 16.1. The van der Waals surface area contributed by atoms with Gasteiger partial charge in [-0.05, 0) is 17.7 Å². The zero-order valence-electron chi connectivity index (χ0n) is 10.9. The maximum absolute atomic E-state index is 12.3. The van der Waals surface area contributed by atoms with Crippen molar-refractivity contribution in [3.63, 3.8) is 0 Å². The molecule has 0 saturated carbocycles. The SMILES string of the molecule is N#Cc1ccccc1NC(=O)C(CN)c1ccccc1. The van der Waals surface area contributed by atoms with Gasteiger partial charge in [-0.2, -0.15) is 5.26 Å². The van der Waals surface area contributed by atoms with E-state index >= 15 is 0 Å². The Morgan fingerprint density at radius 2 is 1.80 bits per heavy atom. The molecule has 3 N–H and O–H groups in total. The van der Waals surface area contributed by atoms with Crippen LogP contribution in [-0.2, 0) is 4.79 Å².